The average molecular weight is 392 g/mol. The van der Waals surface area contributed by atoms with E-state index in [-0.39, 0.29) is 17.3 Å². The highest BCUT2D eigenvalue weighted by Gasteiger charge is 2.38. The monoisotopic (exact) mass is 392 g/mol. The standard InChI is InChI=1S/C23H25FN4O/c1-4-21-27-25-14-28(21)20-12-16(15-5-9-19(24)10-6-15)11-17(13-20)22(29)26-23(2,3)18-7-8-18/h5-6,9-14,18H,4,7-8H2,1-3H3,(H,26,29). The van der Waals surface area contributed by atoms with Crippen molar-refractivity contribution >= 4 is 5.91 Å². The summed E-state index contributed by atoms with van der Waals surface area (Å²) in [6.07, 6.45) is 4.67. The van der Waals surface area contributed by atoms with Gasteiger partial charge in [0.15, 0.2) is 0 Å². The van der Waals surface area contributed by atoms with Crippen molar-refractivity contribution in [3.05, 3.63) is 66.0 Å². The maximum absolute atomic E-state index is 13.4. The molecule has 5 nitrogen and oxygen atoms in total. The van der Waals surface area contributed by atoms with Crippen LogP contribution in [0.4, 0.5) is 4.39 Å². The largest absolute Gasteiger partial charge is 0.347 e. The van der Waals surface area contributed by atoms with E-state index < -0.39 is 0 Å². The zero-order chi connectivity index (χ0) is 20.6. The van der Waals surface area contributed by atoms with Gasteiger partial charge >= 0.3 is 0 Å². The Bertz CT molecular complexity index is 1040. The molecular formula is C23H25FN4O. The zero-order valence-electron chi connectivity index (χ0n) is 16.9. The van der Waals surface area contributed by atoms with Gasteiger partial charge in [0.25, 0.3) is 5.91 Å². The van der Waals surface area contributed by atoms with E-state index in [4.69, 9.17) is 0 Å². The Morgan fingerprint density at radius 3 is 2.55 bits per heavy atom. The number of aryl methyl sites for hydroxylation is 1. The fraction of sp³-hybridized carbons (Fsp3) is 0.348. The third kappa shape index (κ3) is 4.06. The van der Waals surface area contributed by atoms with Crippen LogP contribution in [-0.2, 0) is 6.42 Å². The summed E-state index contributed by atoms with van der Waals surface area (Å²) in [4.78, 5) is 13.1. The fourth-order valence-corrected chi connectivity index (χ4v) is 3.68. The van der Waals surface area contributed by atoms with Crippen LogP contribution in [-0.4, -0.2) is 26.2 Å². The number of rotatable bonds is 6. The van der Waals surface area contributed by atoms with E-state index in [1.54, 1.807) is 18.5 Å². The average Bonchev–Trinajstić information content (AvgIpc) is 3.46. The lowest BCUT2D eigenvalue weighted by Gasteiger charge is -2.26. The van der Waals surface area contributed by atoms with Gasteiger partial charge in [-0.15, -0.1) is 10.2 Å². The fourth-order valence-electron chi connectivity index (χ4n) is 3.68. The molecule has 1 aliphatic rings. The molecule has 6 heteroatoms. The van der Waals surface area contributed by atoms with Crippen molar-refractivity contribution in [3.63, 3.8) is 0 Å². The molecule has 4 rings (SSSR count). The summed E-state index contributed by atoms with van der Waals surface area (Å²) in [6, 6.07) is 12.0. The molecule has 0 atom stereocenters. The Kier molecular flexibility index (Phi) is 4.94. The highest BCUT2D eigenvalue weighted by molar-refractivity contribution is 5.96. The van der Waals surface area contributed by atoms with Gasteiger partial charge < -0.3 is 5.32 Å². The number of aromatic nitrogens is 3. The van der Waals surface area contributed by atoms with Gasteiger partial charge in [0.1, 0.15) is 18.0 Å². The molecule has 0 saturated heterocycles. The summed E-state index contributed by atoms with van der Waals surface area (Å²) >= 11 is 0. The van der Waals surface area contributed by atoms with Gasteiger partial charge in [-0.1, -0.05) is 19.1 Å². The predicted molar refractivity (Wildman–Crippen MR) is 110 cm³/mol. The van der Waals surface area contributed by atoms with Crippen molar-refractivity contribution < 1.29 is 9.18 Å². The second-order valence-electron chi connectivity index (χ2n) is 8.20. The van der Waals surface area contributed by atoms with Gasteiger partial charge in [0, 0.05) is 23.2 Å². The van der Waals surface area contributed by atoms with E-state index >= 15 is 0 Å². The van der Waals surface area contributed by atoms with E-state index in [1.807, 2.05) is 29.7 Å². The molecule has 1 saturated carbocycles. The maximum Gasteiger partial charge on any atom is 0.251 e. The van der Waals surface area contributed by atoms with Gasteiger partial charge in [0.05, 0.1) is 0 Å². The van der Waals surface area contributed by atoms with Crippen molar-refractivity contribution in [1.29, 1.82) is 0 Å². The lowest BCUT2D eigenvalue weighted by Crippen LogP contribution is -2.45. The Balaban J connectivity index is 1.77. The molecule has 0 bridgehead atoms. The molecule has 2 aromatic carbocycles. The van der Waals surface area contributed by atoms with Crippen molar-refractivity contribution in [1.82, 2.24) is 20.1 Å². The van der Waals surface area contributed by atoms with Gasteiger partial charge in [-0.2, -0.15) is 0 Å². The van der Waals surface area contributed by atoms with Crippen LogP contribution in [0.3, 0.4) is 0 Å². The van der Waals surface area contributed by atoms with E-state index in [0.29, 0.717) is 11.5 Å². The number of carbonyl (C=O) groups is 1. The summed E-state index contributed by atoms with van der Waals surface area (Å²) < 4.78 is 15.3. The van der Waals surface area contributed by atoms with Crippen LogP contribution in [0.25, 0.3) is 16.8 Å². The van der Waals surface area contributed by atoms with Gasteiger partial charge in [-0.3, -0.25) is 9.36 Å². The molecule has 0 aliphatic heterocycles. The first kappa shape index (κ1) is 19.3. The first-order valence-electron chi connectivity index (χ1n) is 10.00. The van der Waals surface area contributed by atoms with Crippen LogP contribution in [0.2, 0.25) is 0 Å². The topological polar surface area (TPSA) is 59.8 Å². The number of nitrogens with zero attached hydrogens (tertiary/aromatic N) is 3. The number of hydrogen-bond donors (Lipinski definition) is 1. The minimum Gasteiger partial charge on any atom is -0.347 e. The molecule has 1 heterocycles. The Morgan fingerprint density at radius 1 is 1.17 bits per heavy atom. The van der Waals surface area contributed by atoms with E-state index in [1.165, 1.54) is 12.1 Å². The Morgan fingerprint density at radius 2 is 1.90 bits per heavy atom. The summed E-state index contributed by atoms with van der Waals surface area (Å²) in [5.74, 6) is 0.932. The summed E-state index contributed by atoms with van der Waals surface area (Å²) in [6.45, 7) is 6.15. The van der Waals surface area contributed by atoms with Crippen LogP contribution in [0.15, 0.2) is 48.8 Å². The second kappa shape index (κ2) is 7.43. The summed E-state index contributed by atoms with van der Waals surface area (Å²) in [5, 5.41) is 11.3. The zero-order valence-corrected chi connectivity index (χ0v) is 16.9. The predicted octanol–water partition coefficient (Wildman–Crippen LogP) is 4.55. The molecule has 29 heavy (non-hydrogen) atoms. The van der Waals surface area contributed by atoms with Crippen LogP contribution >= 0.6 is 0 Å². The smallest absolute Gasteiger partial charge is 0.251 e. The number of amides is 1. The number of nitrogens with one attached hydrogen (secondary N) is 1. The van der Waals surface area contributed by atoms with Crippen molar-refractivity contribution in [2.24, 2.45) is 5.92 Å². The van der Waals surface area contributed by atoms with Crippen LogP contribution in [0.5, 0.6) is 0 Å². The van der Waals surface area contributed by atoms with Crippen molar-refractivity contribution in [2.45, 2.75) is 45.6 Å². The van der Waals surface area contributed by atoms with E-state index in [2.05, 4.69) is 29.4 Å². The van der Waals surface area contributed by atoms with Crippen molar-refractivity contribution in [3.8, 4) is 16.8 Å². The number of halogens is 1. The maximum atomic E-state index is 13.4. The van der Waals surface area contributed by atoms with Crippen LogP contribution < -0.4 is 5.32 Å². The summed E-state index contributed by atoms with van der Waals surface area (Å²) in [7, 11) is 0. The molecule has 1 aromatic heterocycles. The minimum atomic E-state index is -0.291. The number of hydrogen-bond acceptors (Lipinski definition) is 3. The minimum absolute atomic E-state index is 0.113. The van der Waals surface area contributed by atoms with Crippen LogP contribution in [0.1, 0.15) is 49.8 Å². The molecule has 0 spiro atoms. The summed E-state index contributed by atoms with van der Waals surface area (Å²) in [5.41, 5.74) is 2.81. The van der Waals surface area contributed by atoms with Gasteiger partial charge in [-0.05, 0) is 74.1 Å². The van der Waals surface area contributed by atoms with Crippen LogP contribution in [0, 0.1) is 11.7 Å². The van der Waals surface area contributed by atoms with E-state index in [0.717, 1.165) is 41.9 Å². The highest BCUT2D eigenvalue weighted by atomic mass is 19.1. The first-order valence-corrected chi connectivity index (χ1v) is 10.00. The lowest BCUT2D eigenvalue weighted by atomic mass is 9.97. The first-order chi connectivity index (χ1) is 13.9. The second-order valence-corrected chi connectivity index (χ2v) is 8.20. The SMILES string of the molecule is CCc1nncn1-c1cc(C(=O)NC(C)(C)C2CC2)cc(-c2ccc(F)cc2)c1. The normalized spacial score (nSPS) is 14.1. The molecule has 150 valence electrons. The number of benzene rings is 2. The van der Waals surface area contributed by atoms with Gasteiger partial charge in [0.2, 0.25) is 0 Å². The van der Waals surface area contributed by atoms with Crippen molar-refractivity contribution in [2.75, 3.05) is 0 Å². The van der Waals surface area contributed by atoms with E-state index in [9.17, 15) is 9.18 Å². The quantitative estimate of drug-likeness (QED) is 0.669. The molecule has 1 aliphatic carbocycles. The number of carbonyl (C=O) groups excluding carboxylic acids is 1. The molecular weight excluding hydrogens is 367 g/mol. The Hall–Kier alpha value is -3.02. The molecule has 0 unspecified atom stereocenters. The molecule has 1 N–H and O–H groups in total. The lowest BCUT2D eigenvalue weighted by molar-refractivity contribution is 0.0903. The third-order valence-corrected chi connectivity index (χ3v) is 5.60. The molecule has 0 radical (unpaired) electrons. The van der Waals surface area contributed by atoms with Gasteiger partial charge in [-0.25, -0.2) is 4.39 Å². The molecule has 1 fully saturated rings. The molecule has 1 amide bonds. The highest BCUT2D eigenvalue weighted by Crippen LogP contribution is 2.39. The molecule has 3 aromatic rings. The third-order valence-electron chi connectivity index (χ3n) is 5.60. The Labute approximate surface area is 170 Å².